The minimum atomic E-state index is -1.18. The van der Waals surface area contributed by atoms with Crippen LogP contribution in [-0.2, 0) is 5.60 Å². The summed E-state index contributed by atoms with van der Waals surface area (Å²) >= 11 is 0. The number of rotatable bonds is 2. The van der Waals surface area contributed by atoms with Crippen LogP contribution < -0.4 is 10.2 Å². The summed E-state index contributed by atoms with van der Waals surface area (Å²) < 4.78 is 0. The van der Waals surface area contributed by atoms with E-state index in [1.54, 1.807) is 25.5 Å². The number of fused-ring (bicyclic) bond motifs is 2. The second kappa shape index (κ2) is 5.28. The highest BCUT2D eigenvalue weighted by Crippen LogP contribution is 2.42. The van der Waals surface area contributed by atoms with E-state index < -0.39 is 5.60 Å². The van der Waals surface area contributed by atoms with E-state index in [1.807, 2.05) is 48.3 Å². The third-order valence-electron chi connectivity index (χ3n) is 4.33. The molecule has 0 bridgehead atoms. The molecule has 1 aliphatic heterocycles. The van der Waals surface area contributed by atoms with Gasteiger partial charge < -0.3 is 15.3 Å². The van der Waals surface area contributed by atoms with Crippen LogP contribution in [-0.4, -0.2) is 27.1 Å². The molecular weight excluding hydrogens is 302 g/mol. The Morgan fingerprint density at radius 2 is 1.88 bits per heavy atom. The van der Waals surface area contributed by atoms with Crippen LogP contribution in [0.25, 0.3) is 0 Å². The molecule has 0 aliphatic carbocycles. The van der Waals surface area contributed by atoms with E-state index in [9.17, 15) is 5.11 Å². The van der Waals surface area contributed by atoms with Crippen LogP contribution >= 0.6 is 0 Å². The van der Waals surface area contributed by atoms with Gasteiger partial charge in [0.15, 0.2) is 11.6 Å². The van der Waals surface area contributed by atoms with Gasteiger partial charge in [0.25, 0.3) is 0 Å². The fourth-order valence-electron chi connectivity index (χ4n) is 2.94. The first-order valence-electron chi connectivity index (χ1n) is 7.67. The summed E-state index contributed by atoms with van der Waals surface area (Å²) in [6, 6.07) is 11.3. The molecule has 0 saturated heterocycles. The van der Waals surface area contributed by atoms with E-state index >= 15 is 0 Å². The molecule has 3 heterocycles. The van der Waals surface area contributed by atoms with E-state index in [0.717, 1.165) is 22.8 Å². The maximum Gasteiger partial charge on any atom is 0.176 e. The van der Waals surface area contributed by atoms with Crippen LogP contribution in [0, 0.1) is 0 Å². The van der Waals surface area contributed by atoms with Gasteiger partial charge in [-0.2, -0.15) is 0 Å². The number of hydrogen-bond donors (Lipinski definition) is 2. The zero-order valence-corrected chi connectivity index (χ0v) is 13.4. The molecule has 6 heteroatoms. The highest BCUT2D eigenvalue weighted by atomic mass is 16.3. The fraction of sp³-hybridized carbons (Fsp3) is 0.167. The summed E-state index contributed by atoms with van der Waals surface area (Å²) in [6.07, 6.45) is 5.00. The van der Waals surface area contributed by atoms with Crippen LogP contribution in [0.15, 0.2) is 55.0 Å². The summed E-state index contributed by atoms with van der Waals surface area (Å²) in [6.45, 7) is 1.75. The average molecular weight is 319 g/mol. The predicted molar refractivity (Wildman–Crippen MR) is 92.7 cm³/mol. The first-order valence-corrected chi connectivity index (χ1v) is 7.67. The average Bonchev–Trinajstić information content (AvgIpc) is 2.62. The lowest BCUT2D eigenvalue weighted by Crippen LogP contribution is -2.25. The molecule has 3 aromatic rings. The molecule has 1 unspecified atom stereocenters. The minimum absolute atomic E-state index is 0.606. The number of aromatic nitrogens is 3. The second-order valence-corrected chi connectivity index (χ2v) is 5.93. The third-order valence-corrected chi connectivity index (χ3v) is 4.33. The summed E-state index contributed by atoms with van der Waals surface area (Å²) in [5, 5.41) is 14.3. The molecule has 2 aromatic heterocycles. The van der Waals surface area contributed by atoms with Crippen LogP contribution in [0.5, 0.6) is 0 Å². The number of nitrogens with zero attached hydrogens (tertiary/aromatic N) is 4. The zero-order chi connectivity index (χ0) is 16.7. The largest absolute Gasteiger partial charge is 0.379 e. The van der Waals surface area contributed by atoms with Crippen LogP contribution in [0.1, 0.15) is 18.2 Å². The van der Waals surface area contributed by atoms with Crippen LogP contribution in [0.3, 0.4) is 0 Å². The highest BCUT2D eigenvalue weighted by molar-refractivity contribution is 5.88. The molecular formula is C18H17N5O. The molecule has 0 spiro atoms. The number of aliphatic hydroxyl groups is 1. The van der Waals surface area contributed by atoms with E-state index in [4.69, 9.17) is 0 Å². The van der Waals surface area contributed by atoms with Crippen LogP contribution in [0.2, 0.25) is 0 Å². The van der Waals surface area contributed by atoms with Gasteiger partial charge in [-0.1, -0.05) is 12.1 Å². The van der Waals surface area contributed by atoms with Crippen LogP contribution in [0.4, 0.5) is 23.0 Å². The monoisotopic (exact) mass is 319 g/mol. The quantitative estimate of drug-likeness (QED) is 0.756. The summed E-state index contributed by atoms with van der Waals surface area (Å²) in [5.41, 5.74) is 2.03. The lowest BCUT2D eigenvalue weighted by Gasteiger charge is -2.31. The van der Waals surface area contributed by atoms with Crippen molar-refractivity contribution in [3.05, 3.63) is 66.2 Å². The maximum absolute atomic E-state index is 11.0. The Morgan fingerprint density at radius 3 is 2.67 bits per heavy atom. The molecule has 2 N–H and O–H groups in total. The van der Waals surface area contributed by atoms with Crippen molar-refractivity contribution in [3.63, 3.8) is 0 Å². The van der Waals surface area contributed by atoms with Gasteiger partial charge in [0.1, 0.15) is 5.60 Å². The molecule has 0 saturated carbocycles. The maximum atomic E-state index is 11.0. The number of nitrogens with one attached hydrogen (secondary N) is 1. The van der Waals surface area contributed by atoms with Crippen molar-refractivity contribution in [2.75, 3.05) is 17.3 Å². The van der Waals surface area contributed by atoms with Crippen molar-refractivity contribution in [1.29, 1.82) is 0 Å². The van der Waals surface area contributed by atoms with E-state index in [2.05, 4.69) is 20.3 Å². The number of benzene rings is 1. The Balaban J connectivity index is 1.78. The Kier molecular flexibility index (Phi) is 3.21. The lowest BCUT2D eigenvalue weighted by atomic mass is 9.91. The summed E-state index contributed by atoms with van der Waals surface area (Å²) in [4.78, 5) is 15.0. The number of hydrogen-bond acceptors (Lipinski definition) is 6. The molecule has 0 fully saturated rings. The van der Waals surface area contributed by atoms with Crippen molar-refractivity contribution in [2.24, 2.45) is 0 Å². The number of pyridine rings is 1. The molecule has 0 radical (unpaired) electrons. The first kappa shape index (κ1) is 14.6. The van der Waals surface area contributed by atoms with Crippen molar-refractivity contribution in [1.82, 2.24) is 15.0 Å². The predicted octanol–water partition coefficient (Wildman–Crippen LogP) is 2.95. The third kappa shape index (κ3) is 2.19. The Morgan fingerprint density at radius 1 is 1.04 bits per heavy atom. The molecule has 1 aromatic carbocycles. The first-order chi connectivity index (χ1) is 11.6. The smallest absolute Gasteiger partial charge is 0.176 e. The van der Waals surface area contributed by atoms with Crippen molar-refractivity contribution in [3.8, 4) is 0 Å². The Bertz CT molecular complexity index is 895. The molecule has 0 amide bonds. The Hall–Kier alpha value is -2.99. The summed E-state index contributed by atoms with van der Waals surface area (Å²) in [5.74, 6) is 1.47. The van der Waals surface area contributed by atoms with E-state index in [1.165, 1.54) is 0 Å². The lowest BCUT2D eigenvalue weighted by molar-refractivity contribution is 0.0975. The van der Waals surface area contributed by atoms with E-state index in [0.29, 0.717) is 11.5 Å². The molecule has 120 valence electrons. The fourth-order valence-corrected chi connectivity index (χ4v) is 2.94. The van der Waals surface area contributed by atoms with Gasteiger partial charge in [0, 0.05) is 25.6 Å². The SMILES string of the molecule is CN1c2ccc(C(C)(O)c3ccccn3)cc2Nc2nccnc21. The van der Waals surface area contributed by atoms with E-state index in [-0.39, 0.29) is 0 Å². The van der Waals surface area contributed by atoms with Gasteiger partial charge in [-0.3, -0.25) is 4.98 Å². The van der Waals surface area contributed by atoms with Gasteiger partial charge in [0.2, 0.25) is 0 Å². The molecule has 1 aliphatic rings. The van der Waals surface area contributed by atoms with Crippen molar-refractivity contribution in [2.45, 2.75) is 12.5 Å². The molecule has 6 nitrogen and oxygen atoms in total. The van der Waals surface area contributed by atoms with Gasteiger partial charge in [-0.25, -0.2) is 9.97 Å². The standard InChI is InChI=1S/C18H17N5O/c1-18(24,15-5-3-4-8-19-15)12-6-7-14-13(11-12)22-16-17(23(14)2)21-10-9-20-16/h3-11,24H,1-2H3,(H,20,22). The normalized spacial score (nSPS) is 15.0. The molecule has 1 atom stereocenters. The molecule has 4 rings (SSSR count). The van der Waals surface area contributed by atoms with Gasteiger partial charge >= 0.3 is 0 Å². The van der Waals surface area contributed by atoms with Crippen molar-refractivity contribution < 1.29 is 5.11 Å². The second-order valence-electron chi connectivity index (χ2n) is 5.93. The van der Waals surface area contributed by atoms with Crippen molar-refractivity contribution >= 4 is 23.0 Å². The highest BCUT2D eigenvalue weighted by Gasteiger charge is 2.29. The summed E-state index contributed by atoms with van der Waals surface area (Å²) in [7, 11) is 1.95. The van der Waals surface area contributed by atoms with Gasteiger partial charge in [-0.05, 0) is 36.8 Å². The minimum Gasteiger partial charge on any atom is -0.379 e. The van der Waals surface area contributed by atoms with Gasteiger partial charge in [0.05, 0.1) is 17.1 Å². The molecule has 24 heavy (non-hydrogen) atoms. The Labute approximate surface area is 139 Å². The topological polar surface area (TPSA) is 74.2 Å². The zero-order valence-electron chi connectivity index (χ0n) is 13.4. The van der Waals surface area contributed by atoms with Gasteiger partial charge in [-0.15, -0.1) is 0 Å². The number of anilines is 4.